The number of ether oxygens (including phenoxy) is 2. The molecule has 2 rings (SSSR count). The van der Waals surface area contributed by atoms with E-state index in [0.717, 1.165) is 0 Å². The van der Waals surface area contributed by atoms with Crippen LogP contribution in [0.25, 0.3) is 0 Å². The molecule has 0 aliphatic heterocycles. The van der Waals surface area contributed by atoms with Crippen LogP contribution in [0.5, 0.6) is 0 Å². The molecule has 0 radical (unpaired) electrons. The molecule has 0 saturated heterocycles. The van der Waals surface area contributed by atoms with Crippen LogP contribution >= 0.6 is 0 Å². The van der Waals surface area contributed by atoms with E-state index in [0.29, 0.717) is 22.5 Å². The Morgan fingerprint density at radius 2 is 1.78 bits per heavy atom. The van der Waals surface area contributed by atoms with Crippen LogP contribution in [0.3, 0.4) is 0 Å². The number of nitrogens with zero attached hydrogens (tertiary/aromatic N) is 1. The van der Waals surface area contributed by atoms with Crippen LogP contribution < -0.4 is 5.32 Å². The lowest BCUT2D eigenvalue weighted by Gasteiger charge is -2.07. The topological polar surface area (TPSA) is 121 Å². The normalized spacial score (nSPS) is 10.0. The molecule has 2 N–H and O–H groups in total. The van der Waals surface area contributed by atoms with Crippen molar-refractivity contribution in [2.75, 3.05) is 18.5 Å². The van der Waals surface area contributed by atoms with E-state index in [4.69, 9.17) is 14.7 Å². The summed E-state index contributed by atoms with van der Waals surface area (Å²) in [5.74, 6) is -1.80. The van der Waals surface area contributed by atoms with Crippen LogP contribution in [0.1, 0.15) is 44.6 Å². The average Bonchev–Trinajstić information content (AvgIpc) is 2.95. The number of carbonyl (C=O) groups excluding carboxylic acids is 3. The highest BCUT2D eigenvalue weighted by molar-refractivity contribution is 5.99. The van der Waals surface area contributed by atoms with Crippen molar-refractivity contribution in [3.63, 3.8) is 0 Å². The van der Waals surface area contributed by atoms with Crippen molar-refractivity contribution in [2.45, 2.75) is 20.8 Å². The van der Waals surface area contributed by atoms with Crippen molar-refractivity contribution >= 4 is 23.5 Å². The van der Waals surface area contributed by atoms with E-state index in [1.54, 1.807) is 45.0 Å². The molecule has 0 fully saturated rings. The zero-order valence-corrected chi connectivity index (χ0v) is 15.2. The Morgan fingerprint density at radius 1 is 1.11 bits per heavy atom. The van der Waals surface area contributed by atoms with Gasteiger partial charge in [-0.1, -0.05) is 0 Å². The van der Waals surface area contributed by atoms with Gasteiger partial charge in [-0.3, -0.25) is 4.79 Å². The Hall–Kier alpha value is -3.60. The maximum atomic E-state index is 12.2. The molecule has 8 nitrogen and oxygen atoms in total. The molecule has 0 saturated carbocycles. The number of nitrogens with one attached hydrogen (secondary N) is 2. The van der Waals surface area contributed by atoms with Crippen LogP contribution in [-0.4, -0.2) is 36.0 Å². The van der Waals surface area contributed by atoms with Gasteiger partial charge in [0.05, 0.1) is 23.8 Å². The minimum Gasteiger partial charge on any atom is -0.462 e. The third-order valence-electron chi connectivity index (χ3n) is 3.75. The molecular weight excluding hydrogens is 350 g/mol. The van der Waals surface area contributed by atoms with Gasteiger partial charge in [-0.2, -0.15) is 5.26 Å². The Morgan fingerprint density at radius 3 is 2.37 bits per heavy atom. The molecule has 0 spiro atoms. The molecule has 1 aromatic carbocycles. The van der Waals surface area contributed by atoms with E-state index >= 15 is 0 Å². The number of nitriles is 1. The molecular formula is C19H19N3O5. The summed E-state index contributed by atoms with van der Waals surface area (Å²) in [5, 5.41) is 11.3. The van der Waals surface area contributed by atoms with Gasteiger partial charge in [-0.05, 0) is 50.6 Å². The largest absolute Gasteiger partial charge is 0.462 e. The van der Waals surface area contributed by atoms with E-state index < -0.39 is 24.5 Å². The maximum Gasteiger partial charge on any atom is 0.355 e. The highest BCUT2D eigenvalue weighted by atomic mass is 16.5. The summed E-state index contributed by atoms with van der Waals surface area (Å²) in [7, 11) is 0. The first-order valence-corrected chi connectivity index (χ1v) is 8.20. The van der Waals surface area contributed by atoms with Crippen molar-refractivity contribution < 1.29 is 23.9 Å². The summed E-state index contributed by atoms with van der Waals surface area (Å²) >= 11 is 0. The fourth-order valence-electron chi connectivity index (χ4n) is 2.49. The third-order valence-corrected chi connectivity index (χ3v) is 3.75. The van der Waals surface area contributed by atoms with Gasteiger partial charge < -0.3 is 19.8 Å². The summed E-state index contributed by atoms with van der Waals surface area (Å²) in [4.78, 5) is 38.9. The quantitative estimate of drug-likeness (QED) is 0.755. The lowest BCUT2D eigenvalue weighted by molar-refractivity contribution is -0.119. The second-order valence-electron chi connectivity index (χ2n) is 5.66. The van der Waals surface area contributed by atoms with Crippen LogP contribution in [0.4, 0.5) is 5.69 Å². The minimum atomic E-state index is -0.749. The van der Waals surface area contributed by atoms with Crippen molar-refractivity contribution in [3.8, 4) is 6.07 Å². The van der Waals surface area contributed by atoms with Crippen LogP contribution in [0.15, 0.2) is 24.3 Å². The number of aromatic amines is 1. The smallest absolute Gasteiger partial charge is 0.355 e. The molecule has 2 aromatic rings. The molecule has 0 atom stereocenters. The second-order valence-corrected chi connectivity index (χ2v) is 5.66. The predicted octanol–water partition coefficient (Wildman–Crippen LogP) is 2.48. The van der Waals surface area contributed by atoms with Gasteiger partial charge in [0.1, 0.15) is 5.69 Å². The monoisotopic (exact) mass is 369 g/mol. The van der Waals surface area contributed by atoms with E-state index in [2.05, 4.69) is 10.3 Å². The zero-order chi connectivity index (χ0) is 20.0. The van der Waals surface area contributed by atoms with Gasteiger partial charge in [0.2, 0.25) is 0 Å². The number of anilines is 1. The Kier molecular flexibility index (Phi) is 6.33. The second kappa shape index (κ2) is 8.67. The molecule has 0 bridgehead atoms. The summed E-state index contributed by atoms with van der Waals surface area (Å²) in [6.45, 7) is 4.66. The van der Waals surface area contributed by atoms with Gasteiger partial charge in [0, 0.05) is 11.4 Å². The first-order chi connectivity index (χ1) is 12.9. The third kappa shape index (κ3) is 4.73. The predicted molar refractivity (Wildman–Crippen MR) is 96.3 cm³/mol. The number of hydrogen-bond donors (Lipinski definition) is 2. The zero-order valence-electron chi connectivity index (χ0n) is 15.2. The number of rotatable bonds is 6. The SMILES string of the molecule is CCOC(=O)c1c(C)[nH]c(C(=O)OCC(=O)Nc2ccc(C#N)cc2)c1C. The number of carbonyl (C=O) groups is 3. The number of esters is 2. The Bertz CT molecular complexity index is 907. The van der Waals surface area contributed by atoms with Gasteiger partial charge in [0.15, 0.2) is 6.61 Å². The van der Waals surface area contributed by atoms with E-state index in [1.807, 2.05) is 6.07 Å². The fourth-order valence-corrected chi connectivity index (χ4v) is 2.49. The van der Waals surface area contributed by atoms with E-state index in [-0.39, 0.29) is 17.9 Å². The van der Waals surface area contributed by atoms with Crippen molar-refractivity contribution in [1.29, 1.82) is 5.26 Å². The molecule has 1 heterocycles. The highest BCUT2D eigenvalue weighted by Gasteiger charge is 2.24. The van der Waals surface area contributed by atoms with Gasteiger partial charge >= 0.3 is 11.9 Å². The van der Waals surface area contributed by atoms with Gasteiger partial charge in [-0.25, -0.2) is 9.59 Å². The first kappa shape index (κ1) is 19.7. The lowest BCUT2D eigenvalue weighted by atomic mass is 10.1. The molecule has 0 unspecified atom stereocenters. The molecule has 0 aliphatic carbocycles. The fraction of sp³-hybridized carbons (Fsp3) is 0.263. The van der Waals surface area contributed by atoms with E-state index in [1.165, 1.54) is 0 Å². The Labute approximate surface area is 156 Å². The van der Waals surface area contributed by atoms with Crippen molar-refractivity contribution in [3.05, 3.63) is 52.3 Å². The first-order valence-electron chi connectivity index (χ1n) is 8.20. The van der Waals surface area contributed by atoms with Crippen LogP contribution in [-0.2, 0) is 14.3 Å². The molecule has 27 heavy (non-hydrogen) atoms. The van der Waals surface area contributed by atoms with Crippen LogP contribution in [0.2, 0.25) is 0 Å². The van der Waals surface area contributed by atoms with Crippen molar-refractivity contribution in [1.82, 2.24) is 4.98 Å². The standard InChI is InChI=1S/C19H19N3O5/c1-4-26-18(24)16-11(2)17(21-12(16)3)19(25)27-10-15(23)22-14-7-5-13(9-20)6-8-14/h5-8,21H,4,10H2,1-3H3,(H,22,23). The molecule has 1 aromatic heterocycles. The summed E-state index contributed by atoms with van der Waals surface area (Å²) in [6.07, 6.45) is 0. The molecule has 0 aliphatic rings. The lowest BCUT2D eigenvalue weighted by Crippen LogP contribution is -2.21. The number of aryl methyl sites for hydroxylation is 1. The van der Waals surface area contributed by atoms with E-state index in [9.17, 15) is 14.4 Å². The number of H-pyrrole nitrogens is 1. The number of amides is 1. The molecule has 140 valence electrons. The van der Waals surface area contributed by atoms with Crippen molar-refractivity contribution in [2.24, 2.45) is 0 Å². The number of benzene rings is 1. The van der Waals surface area contributed by atoms with Gasteiger partial charge in [-0.15, -0.1) is 0 Å². The highest BCUT2D eigenvalue weighted by Crippen LogP contribution is 2.20. The maximum absolute atomic E-state index is 12.2. The minimum absolute atomic E-state index is 0.0988. The summed E-state index contributed by atoms with van der Waals surface area (Å²) < 4.78 is 9.98. The number of aromatic nitrogens is 1. The summed E-state index contributed by atoms with van der Waals surface area (Å²) in [6, 6.07) is 8.24. The summed E-state index contributed by atoms with van der Waals surface area (Å²) in [5.41, 5.74) is 2.22. The Balaban J connectivity index is 1.99. The average molecular weight is 369 g/mol. The van der Waals surface area contributed by atoms with Gasteiger partial charge in [0.25, 0.3) is 5.91 Å². The van der Waals surface area contributed by atoms with Crippen LogP contribution in [0, 0.1) is 25.2 Å². The molecule has 8 heteroatoms. The number of hydrogen-bond acceptors (Lipinski definition) is 6. The molecule has 1 amide bonds.